The molecule has 0 saturated heterocycles. The van der Waals surface area contributed by atoms with Gasteiger partial charge in [-0.15, -0.1) is 0 Å². The lowest BCUT2D eigenvalue weighted by molar-refractivity contribution is 0.867. The van der Waals surface area contributed by atoms with Gasteiger partial charge in [0, 0.05) is 45.4 Å². The number of fused-ring (bicyclic) bond motifs is 7. The second-order valence-corrected chi connectivity index (χ2v) is 10.9. The number of amidine groups is 2. The molecule has 0 amide bonds. The molecule has 0 unspecified atom stereocenters. The molecule has 0 aliphatic heterocycles. The zero-order valence-electron chi connectivity index (χ0n) is 24.2. The van der Waals surface area contributed by atoms with Crippen molar-refractivity contribution in [3.63, 3.8) is 0 Å². The van der Waals surface area contributed by atoms with Crippen LogP contribution in [0.2, 0.25) is 0 Å². The molecule has 5 nitrogen and oxygen atoms in total. The van der Waals surface area contributed by atoms with Crippen LogP contribution in [-0.4, -0.2) is 28.0 Å². The molecule has 6 aromatic carbocycles. The van der Waals surface area contributed by atoms with Gasteiger partial charge in [0.15, 0.2) is 11.7 Å². The van der Waals surface area contributed by atoms with Gasteiger partial charge in [-0.3, -0.25) is 15.1 Å². The Balaban J connectivity index is 1.47. The molecule has 1 N–H and O–H groups in total. The van der Waals surface area contributed by atoms with Crippen molar-refractivity contribution >= 4 is 55.3 Å². The molecule has 44 heavy (non-hydrogen) atoms. The highest BCUT2D eigenvalue weighted by Crippen LogP contribution is 2.40. The van der Waals surface area contributed by atoms with Gasteiger partial charge >= 0.3 is 0 Å². The van der Waals surface area contributed by atoms with Gasteiger partial charge in [-0.05, 0) is 36.4 Å². The summed E-state index contributed by atoms with van der Waals surface area (Å²) in [6.45, 7) is 0. The first-order valence-corrected chi connectivity index (χ1v) is 14.7. The van der Waals surface area contributed by atoms with Crippen LogP contribution in [0.1, 0.15) is 11.1 Å². The molecule has 2 heterocycles. The molecule has 0 spiro atoms. The van der Waals surface area contributed by atoms with E-state index in [4.69, 9.17) is 10.4 Å². The van der Waals surface area contributed by atoms with Gasteiger partial charge in [-0.2, -0.15) is 0 Å². The largest absolute Gasteiger partial charge is 0.309 e. The lowest BCUT2D eigenvalue weighted by Gasteiger charge is -2.25. The Morgan fingerprint density at radius 3 is 1.82 bits per heavy atom. The fourth-order valence-corrected chi connectivity index (χ4v) is 6.43. The summed E-state index contributed by atoms with van der Waals surface area (Å²) in [5.41, 5.74) is 7.29. The van der Waals surface area contributed by atoms with E-state index in [1.807, 2.05) is 55.6 Å². The van der Waals surface area contributed by atoms with Crippen molar-refractivity contribution in [2.45, 2.75) is 0 Å². The molecule has 5 heteroatoms. The van der Waals surface area contributed by atoms with Crippen molar-refractivity contribution in [2.75, 3.05) is 12.1 Å². The summed E-state index contributed by atoms with van der Waals surface area (Å²) in [7, 11) is 2.05. The number of aromatic nitrogens is 2. The Morgan fingerprint density at radius 2 is 1.11 bits per heavy atom. The first kappa shape index (κ1) is 25.7. The van der Waals surface area contributed by atoms with E-state index in [2.05, 4.69) is 117 Å². The fourth-order valence-electron chi connectivity index (χ4n) is 6.43. The summed E-state index contributed by atoms with van der Waals surface area (Å²) in [4.78, 5) is 4.98. The molecule has 0 radical (unpaired) electrons. The van der Waals surface area contributed by atoms with Gasteiger partial charge < -0.3 is 4.57 Å². The van der Waals surface area contributed by atoms with E-state index in [1.165, 1.54) is 21.5 Å². The number of aliphatic imine (C=N–C) groups is 1. The molecule has 2 aromatic heterocycles. The molecule has 210 valence electrons. The van der Waals surface area contributed by atoms with E-state index in [9.17, 15) is 0 Å². The third kappa shape index (κ3) is 4.02. The van der Waals surface area contributed by atoms with Crippen LogP contribution >= 0.6 is 0 Å². The highest BCUT2D eigenvalue weighted by molar-refractivity contribution is 6.26. The number of nitrogens with zero attached hydrogens (tertiary/aromatic N) is 4. The van der Waals surface area contributed by atoms with E-state index in [-0.39, 0.29) is 5.84 Å². The summed E-state index contributed by atoms with van der Waals surface area (Å²) in [6.07, 6.45) is 0. The molecule has 0 aliphatic rings. The average molecular weight is 568 g/mol. The smallest absolute Gasteiger partial charge is 0.157 e. The maximum atomic E-state index is 8.96. The van der Waals surface area contributed by atoms with E-state index in [1.54, 1.807) is 0 Å². The van der Waals surface area contributed by atoms with Crippen molar-refractivity contribution < 1.29 is 0 Å². The summed E-state index contributed by atoms with van der Waals surface area (Å²) in [5, 5.41) is 15.8. The monoisotopic (exact) mass is 567 g/mol. The lowest BCUT2D eigenvalue weighted by atomic mass is 10.1. The zero-order chi connectivity index (χ0) is 29.6. The zero-order valence-corrected chi connectivity index (χ0v) is 24.2. The van der Waals surface area contributed by atoms with Crippen molar-refractivity contribution in [3.05, 3.63) is 163 Å². The van der Waals surface area contributed by atoms with Gasteiger partial charge in [0.2, 0.25) is 0 Å². The van der Waals surface area contributed by atoms with Gasteiger partial charge in [0.1, 0.15) is 0 Å². The average Bonchev–Trinajstić information content (AvgIpc) is 3.61. The number of nitrogens with one attached hydrogen (secondary N) is 1. The van der Waals surface area contributed by atoms with Crippen LogP contribution in [0.4, 0.5) is 0 Å². The lowest BCUT2D eigenvalue weighted by Crippen LogP contribution is -2.37. The summed E-state index contributed by atoms with van der Waals surface area (Å²) < 4.78 is 4.63. The van der Waals surface area contributed by atoms with Crippen LogP contribution in [0.3, 0.4) is 0 Å². The van der Waals surface area contributed by atoms with Gasteiger partial charge in [0.25, 0.3) is 0 Å². The second-order valence-electron chi connectivity index (χ2n) is 10.9. The van der Waals surface area contributed by atoms with E-state index < -0.39 is 0 Å². The van der Waals surface area contributed by atoms with Crippen molar-refractivity contribution in [2.24, 2.45) is 4.99 Å². The summed E-state index contributed by atoms with van der Waals surface area (Å²) >= 11 is 0. The number of hydrogen-bond donors (Lipinski definition) is 1. The SMILES string of the molecule is CN(C(=NC(=N)c1ccccc1)c1ccccc1)n1c2ccccc2c2ccc3c(c4ccccc4n3-c3ccccc3)c21. The van der Waals surface area contributed by atoms with Crippen LogP contribution in [0.15, 0.2) is 157 Å². The third-order valence-corrected chi connectivity index (χ3v) is 8.36. The molecule has 0 saturated carbocycles. The Morgan fingerprint density at radius 1 is 0.545 bits per heavy atom. The van der Waals surface area contributed by atoms with Crippen LogP contribution in [0, 0.1) is 5.41 Å². The Hall–Kier alpha value is -5.94. The molecule has 8 aromatic rings. The van der Waals surface area contributed by atoms with Crippen molar-refractivity contribution in [3.8, 4) is 5.69 Å². The normalized spacial score (nSPS) is 12.0. The van der Waals surface area contributed by atoms with Gasteiger partial charge in [0.05, 0.1) is 22.1 Å². The maximum Gasteiger partial charge on any atom is 0.157 e. The molecule has 0 atom stereocenters. The predicted octanol–water partition coefficient (Wildman–Crippen LogP) is 8.93. The third-order valence-electron chi connectivity index (χ3n) is 8.36. The van der Waals surface area contributed by atoms with Crippen LogP contribution in [-0.2, 0) is 0 Å². The van der Waals surface area contributed by atoms with Gasteiger partial charge in [-0.25, -0.2) is 4.99 Å². The molecule has 0 bridgehead atoms. The Labute approximate surface area is 255 Å². The summed E-state index contributed by atoms with van der Waals surface area (Å²) in [6, 6.07) is 52.1. The predicted molar refractivity (Wildman–Crippen MR) is 184 cm³/mol. The molecule has 8 rings (SSSR count). The summed E-state index contributed by atoms with van der Waals surface area (Å²) in [5.74, 6) is 0.897. The minimum atomic E-state index is 0.211. The Bertz CT molecular complexity index is 2350. The van der Waals surface area contributed by atoms with Crippen LogP contribution in [0.5, 0.6) is 0 Å². The minimum absolute atomic E-state index is 0.211. The molecular formula is C39H29N5. The quantitative estimate of drug-likeness (QED) is 0.168. The highest BCUT2D eigenvalue weighted by Gasteiger charge is 2.23. The maximum absolute atomic E-state index is 8.96. The number of rotatable bonds is 4. The Kier molecular flexibility index (Phi) is 6.09. The first-order valence-electron chi connectivity index (χ1n) is 14.7. The van der Waals surface area contributed by atoms with E-state index in [0.29, 0.717) is 5.84 Å². The molecule has 0 fully saturated rings. The number of hydrogen-bond acceptors (Lipinski definition) is 1. The number of benzene rings is 6. The van der Waals surface area contributed by atoms with Crippen LogP contribution < -0.4 is 5.01 Å². The van der Waals surface area contributed by atoms with Crippen molar-refractivity contribution in [1.82, 2.24) is 9.24 Å². The first-order chi connectivity index (χ1) is 21.7. The van der Waals surface area contributed by atoms with Gasteiger partial charge in [-0.1, -0.05) is 115 Å². The fraction of sp³-hybridized carbons (Fsp3) is 0.0256. The highest BCUT2D eigenvalue weighted by atomic mass is 15.6. The molecular weight excluding hydrogens is 538 g/mol. The topological polar surface area (TPSA) is 49.3 Å². The van der Waals surface area contributed by atoms with Crippen molar-refractivity contribution in [1.29, 1.82) is 5.41 Å². The standard InChI is InChI=1S/C39H29N5/c1-42(39(28-17-7-3-8-18-28)41-38(40)27-15-5-2-6-16-27)44-34-24-14-11-21-30(34)31-25-26-35-36(37(31)44)32-22-12-13-23-33(32)43(35)29-19-9-4-10-20-29/h2-26,40H,1H3. The number of para-hydroxylation sites is 3. The van der Waals surface area contributed by atoms with Crippen LogP contribution in [0.25, 0.3) is 49.3 Å². The van der Waals surface area contributed by atoms with E-state index >= 15 is 0 Å². The van der Waals surface area contributed by atoms with E-state index in [0.717, 1.165) is 38.9 Å². The minimum Gasteiger partial charge on any atom is -0.309 e. The second kappa shape index (κ2) is 10.4. The molecule has 0 aliphatic carbocycles.